The molecule has 3 aliphatic carbocycles. The molecule has 2 N–H and O–H groups in total. The lowest BCUT2D eigenvalue weighted by atomic mass is 9.61. The van der Waals surface area contributed by atoms with Gasteiger partial charge in [-0.15, -0.1) is 0 Å². The summed E-state index contributed by atoms with van der Waals surface area (Å²) in [4.78, 5) is 2.33. The van der Waals surface area contributed by atoms with Crippen LogP contribution in [0.25, 0.3) is 0 Å². The molecule has 0 aromatic rings. The van der Waals surface area contributed by atoms with E-state index < -0.39 is 18.4 Å². The van der Waals surface area contributed by atoms with Crippen molar-refractivity contribution < 1.29 is 14.6 Å². The third kappa shape index (κ3) is 4.33. The molecule has 0 aromatic heterocycles. The number of aliphatic hydroxyl groups is 2. The van der Waals surface area contributed by atoms with Gasteiger partial charge in [0.05, 0.1) is 12.2 Å². The van der Waals surface area contributed by atoms with Gasteiger partial charge >= 0.3 is 0 Å². The number of nitrogens with zero attached hydrogens (tertiary/aromatic N) is 1. The number of hydrogen-bond donors (Lipinski definition) is 2. The van der Waals surface area contributed by atoms with E-state index >= 15 is 0 Å². The second kappa shape index (κ2) is 8.88. The summed E-state index contributed by atoms with van der Waals surface area (Å²) in [5.41, 5.74) is 3.64. The normalized spacial score (nSPS) is 44.0. The Morgan fingerprint density at radius 2 is 2.07 bits per heavy atom. The minimum absolute atomic E-state index is 0.333. The Balaban J connectivity index is 1.47. The molecule has 7 atom stereocenters. The van der Waals surface area contributed by atoms with E-state index in [1.807, 2.05) is 0 Å². The number of fused-ring (bicyclic) bond motifs is 1. The standard InChI is InChI=1S/C26H40FNO2/c1-17(15-28-12-10-21(27)16-28)23-8-9-24-19(5-4-11-26(23,24)3)6-7-20-13-22(29)14-25(30)18(20)2/h6-7,17,21-25,29-30H,2,4-5,8-16H2,1,3H3/b19-6+,20-7-/t17-,21-,22+,23+,24-,25-,26+/m0/s1. The molecule has 4 fully saturated rings. The maximum absolute atomic E-state index is 13.6. The third-order valence-electron chi connectivity index (χ3n) is 8.75. The number of halogens is 1. The van der Waals surface area contributed by atoms with Crippen molar-refractivity contribution in [1.29, 1.82) is 0 Å². The van der Waals surface area contributed by atoms with Crippen LogP contribution in [0.15, 0.2) is 35.5 Å². The zero-order chi connectivity index (χ0) is 21.5. The maximum Gasteiger partial charge on any atom is 0.114 e. The number of aliphatic hydroxyl groups excluding tert-OH is 2. The fourth-order valence-corrected chi connectivity index (χ4v) is 7.16. The van der Waals surface area contributed by atoms with Crippen LogP contribution in [0.3, 0.4) is 0 Å². The largest absolute Gasteiger partial charge is 0.393 e. The summed E-state index contributed by atoms with van der Waals surface area (Å²) >= 11 is 0. The molecule has 4 rings (SSSR count). The van der Waals surface area contributed by atoms with E-state index in [2.05, 4.69) is 37.5 Å². The monoisotopic (exact) mass is 417 g/mol. The van der Waals surface area contributed by atoms with Crippen LogP contribution in [0.4, 0.5) is 4.39 Å². The molecular formula is C26H40FNO2. The molecule has 4 aliphatic rings. The lowest BCUT2D eigenvalue weighted by Crippen LogP contribution is -2.39. The average molecular weight is 418 g/mol. The van der Waals surface area contributed by atoms with Crippen LogP contribution >= 0.6 is 0 Å². The molecule has 0 unspecified atom stereocenters. The van der Waals surface area contributed by atoms with Crippen molar-refractivity contribution >= 4 is 0 Å². The smallest absolute Gasteiger partial charge is 0.114 e. The Kier molecular flexibility index (Phi) is 6.58. The van der Waals surface area contributed by atoms with E-state index in [4.69, 9.17) is 0 Å². The molecule has 3 saturated carbocycles. The fourth-order valence-electron chi connectivity index (χ4n) is 7.16. The van der Waals surface area contributed by atoms with Gasteiger partial charge in [-0.25, -0.2) is 4.39 Å². The molecule has 30 heavy (non-hydrogen) atoms. The Hall–Kier alpha value is -0.970. The molecule has 4 heteroatoms. The van der Waals surface area contributed by atoms with Crippen LogP contribution in [-0.4, -0.2) is 53.1 Å². The van der Waals surface area contributed by atoms with Crippen molar-refractivity contribution in [3.63, 3.8) is 0 Å². The SMILES string of the molecule is C=C1/C(=C\C=C2/CCC[C@]3(C)[C@@H]([C@@H](C)CN4CC[C@H](F)C4)CC[C@@H]23)C[C@@H](O)C[C@@H]1O. The van der Waals surface area contributed by atoms with Crippen molar-refractivity contribution in [2.45, 2.75) is 83.6 Å². The van der Waals surface area contributed by atoms with Crippen LogP contribution in [0.1, 0.15) is 65.2 Å². The first kappa shape index (κ1) is 22.2. The van der Waals surface area contributed by atoms with Gasteiger partial charge in [0.25, 0.3) is 0 Å². The number of allylic oxidation sites excluding steroid dienone is 3. The summed E-state index contributed by atoms with van der Waals surface area (Å²) in [6, 6.07) is 0. The highest BCUT2D eigenvalue weighted by Gasteiger charge is 2.50. The Labute approximate surface area is 181 Å². The van der Waals surface area contributed by atoms with Gasteiger partial charge in [0.1, 0.15) is 6.17 Å². The highest BCUT2D eigenvalue weighted by atomic mass is 19.1. The summed E-state index contributed by atoms with van der Waals surface area (Å²) in [6.45, 7) is 11.5. The number of rotatable bonds is 4. The van der Waals surface area contributed by atoms with E-state index in [0.717, 1.165) is 30.7 Å². The van der Waals surface area contributed by atoms with E-state index in [1.165, 1.54) is 25.7 Å². The second-order valence-corrected chi connectivity index (χ2v) is 10.8. The van der Waals surface area contributed by atoms with E-state index in [1.54, 1.807) is 5.57 Å². The van der Waals surface area contributed by atoms with Gasteiger partial charge in [0, 0.05) is 26.1 Å². The molecule has 0 amide bonds. The zero-order valence-corrected chi connectivity index (χ0v) is 18.8. The van der Waals surface area contributed by atoms with Crippen LogP contribution in [0, 0.1) is 23.2 Å². The van der Waals surface area contributed by atoms with Gasteiger partial charge in [-0.05, 0) is 79.3 Å². The van der Waals surface area contributed by atoms with E-state index in [-0.39, 0.29) is 0 Å². The average Bonchev–Trinajstić information content (AvgIpc) is 3.25. The predicted molar refractivity (Wildman–Crippen MR) is 120 cm³/mol. The summed E-state index contributed by atoms with van der Waals surface area (Å²) < 4.78 is 13.6. The van der Waals surface area contributed by atoms with Gasteiger partial charge in [-0.1, -0.05) is 38.2 Å². The van der Waals surface area contributed by atoms with Gasteiger partial charge in [0.2, 0.25) is 0 Å². The lowest BCUT2D eigenvalue weighted by Gasteiger charge is -2.45. The van der Waals surface area contributed by atoms with Gasteiger partial charge in [-0.3, -0.25) is 0 Å². The van der Waals surface area contributed by atoms with Crippen molar-refractivity contribution in [2.24, 2.45) is 23.2 Å². The van der Waals surface area contributed by atoms with Crippen LogP contribution in [0.2, 0.25) is 0 Å². The highest BCUT2D eigenvalue weighted by Crippen LogP contribution is 2.59. The molecule has 168 valence electrons. The molecule has 0 aromatic carbocycles. The van der Waals surface area contributed by atoms with Crippen LogP contribution < -0.4 is 0 Å². The van der Waals surface area contributed by atoms with E-state index in [0.29, 0.717) is 49.0 Å². The zero-order valence-electron chi connectivity index (χ0n) is 18.8. The highest BCUT2D eigenvalue weighted by molar-refractivity contribution is 5.38. The quantitative estimate of drug-likeness (QED) is 0.690. The Morgan fingerprint density at radius 3 is 2.80 bits per heavy atom. The summed E-state index contributed by atoms with van der Waals surface area (Å²) in [5.74, 6) is 1.92. The second-order valence-electron chi connectivity index (χ2n) is 10.8. The number of likely N-dealkylation sites (tertiary alicyclic amines) is 1. The van der Waals surface area contributed by atoms with Crippen LogP contribution in [0.5, 0.6) is 0 Å². The molecule has 0 radical (unpaired) electrons. The minimum Gasteiger partial charge on any atom is -0.393 e. The molecule has 0 spiro atoms. The van der Waals surface area contributed by atoms with Gasteiger partial charge < -0.3 is 15.1 Å². The van der Waals surface area contributed by atoms with Crippen LogP contribution in [-0.2, 0) is 0 Å². The summed E-state index contributed by atoms with van der Waals surface area (Å²) in [7, 11) is 0. The minimum atomic E-state index is -0.632. The number of hydrogen-bond acceptors (Lipinski definition) is 3. The maximum atomic E-state index is 13.6. The molecular weight excluding hydrogens is 377 g/mol. The van der Waals surface area contributed by atoms with Gasteiger partial charge in [0.15, 0.2) is 0 Å². The van der Waals surface area contributed by atoms with E-state index in [9.17, 15) is 14.6 Å². The van der Waals surface area contributed by atoms with Crippen molar-refractivity contribution in [3.8, 4) is 0 Å². The number of alkyl halides is 1. The molecule has 0 bridgehead atoms. The van der Waals surface area contributed by atoms with Gasteiger partial charge in [-0.2, -0.15) is 0 Å². The van der Waals surface area contributed by atoms with Crippen molar-refractivity contribution in [2.75, 3.05) is 19.6 Å². The molecule has 3 nitrogen and oxygen atoms in total. The topological polar surface area (TPSA) is 43.7 Å². The van der Waals surface area contributed by atoms with Crippen molar-refractivity contribution in [1.82, 2.24) is 4.90 Å². The first-order chi connectivity index (χ1) is 14.3. The summed E-state index contributed by atoms with van der Waals surface area (Å²) in [5, 5.41) is 20.2. The molecule has 1 saturated heterocycles. The molecule has 1 aliphatic heterocycles. The Morgan fingerprint density at radius 1 is 1.27 bits per heavy atom. The molecule has 1 heterocycles. The Bertz CT molecular complexity index is 716. The summed E-state index contributed by atoms with van der Waals surface area (Å²) in [6.07, 6.45) is 10.6. The van der Waals surface area contributed by atoms with Crippen molar-refractivity contribution in [3.05, 3.63) is 35.5 Å². The lowest BCUT2D eigenvalue weighted by molar-refractivity contribution is 0.0811. The first-order valence-electron chi connectivity index (χ1n) is 12.1. The predicted octanol–water partition coefficient (Wildman–Crippen LogP) is 4.81. The first-order valence-corrected chi connectivity index (χ1v) is 12.1. The third-order valence-corrected chi connectivity index (χ3v) is 8.75. The fraction of sp³-hybridized carbons (Fsp3) is 0.769.